The molecule has 1 aliphatic heterocycles. The zero-order valence-corrected chi connectivity index (χ0v) is 9.33. The van der Waals surface area contributed by atoms with Crippen LogP contribution in [-0.2, 0) is 13.0 Å². The standard InChI is InChI=1S/C11H19N3O/c1-9-10(4-5-12)11(13-15-9)8-14-6-2-3-7-14/h2-8,12H2,1H3. The number of nitrogens with two attached hydrogens (primary N) is 1. The lowest BCUT2D eigenvalue weighted by atomic mass is 10.1. The van der Waals surface area contributed by atoms with Crippen molar-refractivity contribution in [2.45, 2.75) is 32.7 Å². The summed E-state index contributed by atoms with van der Waals surface area (Å²) in [5, 5.41) is 4.13. The minimum Gasteiger partial charge on any atom is -0.361 e. The highest BCUT2D eigenvalue weighted by atomic mass is 16.5. The van der Waals surface area contributed by atoms with Gasteiger partial charge in [0.25, 0.3) is 0 Å². The van der Waals surface area contributed by atoms with Gasteiger partial charge in [0.1, 0.15) is 11.5 Å². The van der Waals surface area contributed by atoms with Gasteiger partial charge in [-0.05, 0) is 45.8 Å². The van der Waals surface area contributed by atoms with Crippen molar-refractivity contribution in [3.05, 3.63) is 17.0 Å². The van der Waals surface area contributed by atoms with Gasteiger partial charge in [-0.15, -0.1) is 0 Å². The Labute approximate surface area is 90.4 Å². The van der Waals surface area contributed by atoms with Crippen molar-refractivity contribution >= 4 is 0 Å². The summed E-state index contributed by atoms with van der Waals surface area (Å²) in [7, 11) is 0. The molecule has 0 aliphatic carbocycles. The molecule has 0 atom stereocenters. The SMILES string of the molecule is Cc1onc(CN2CCCC2)c1CCN. The molecule has 0 aromatic carbocycles. The van der Waals surface area contributed by atoms with Crippen LogP contribution in [0.1, 0.15) is 29.9 Å². The van der Waals surface area contributed by atoms with Crippen molar-refractivity contribution in [2.75, 3.05) is 19.6 Å². The van der Waals surface area contributed by atoms with Crippen LogP contribution in [0.15, 0.2) is 4.52 Å². The average Bonchev–Trinajstić information content (AvgIpc) is 2.83. The normalized spacial score (nSPS) is 17.5. The second-order valence-corrected chi connectivity index (χ2v) is 4.19. The molecule has 2 N–H and O–H groups in total. The molecule has 1 fully saturated rings. The Kier molecular flexibility index (Phi) is 3.38. The van der Waals surface area contributed by atoms with E-state index in [1.165, 1.54) is 31.5 Å². The number of hydrogen-bond acceptors (Lipinski definition) is 4. The number of aromatic nitrogens is 1. The second kappa shape index (κ2) is 4.77. The van der Waals surface area contributed by atoms with E-state index in [-0.39, 0.29) is 0 Å². The Morgan fingerprint density at radius 2 is 2.13 bits per heavy atom. The summed E-state index contributed by atoms with van der Waals surface area (Å²) >= 11 is 0. The van der Waals surface area contributed by atoms with Crippen molar-refractivity contribution in [1.82, 2.24) is 10.1 Å². The maximum Gasteiger partial charge on any atom is 0.137 e. The van der Waals surface area contributed by atoms with Gasteiger partial charge < -0.3 is 10.3 Å². The molecule has 0 unspecified atom stereocenters. The van der Waals surface area contributed by atoms with Gasteiger partial charge in [-0.1, -0.05) is 5.16 Å². The highest BCUT2D eigenvalue weighted by molar-refractivity contribution is 5.22. The quantitative estimate of drug-likeness (QED) is 0.806. The van der Waals surface area contributed by atoms with Crippen molar-refractivity contribution in [3.63, 3.8) is 0 Å². The van der Waals surface area contributed by atoms with Crippen LogP contribution < -0.4 is 5.73 Å². The van der Waals surface area contributed by atoms with Gasteiger partial charge >= 0.3 is 0 Å². The molecule has 2 rings (SSSR count). The van der Waals surface area contributed by atoms with Gasteiger partial charge in [-0.2, -0.15) is 0 Å². The van der Waals surface area contributed by atoms with Crippen molar-refractivity contribution < 1.29 is 4.52 Å². The van der Waals surface area contributed by atoms with Crippen LogP contribution in [0.4, 0.5) is 0 Å². The zero-order chi connectivity index (χ0) is 10.7. The molecule has 1 aromatic rings. The molecule has 4 heteroatoms. The van der Waals surface area contributed by atoms with E-state index >= 15 is 0 Å². The van der Waals surface area contributed by atoms with E-state index in [9.17, 15) is 0 Å². The van der Waals surface area contributed by atoms with Crippen LogP contribution in [0, 0.1) is 6.92 Å². The molecule has 84 valence electrons. The van der Waals surface area contributed by atoms with Gasteiger partial charge in [0.05, 0.1) is 0 Å². The fourth-order valence-electron chi connectivity index (χ4n) is 2.18. The first kappa shape index (κ1) is 10.6. The fourth-order valence-corrected chi connectivity index (χ4v) is 2.18. The molecule has 0 bridgehead atoms. The summed E-state index contributed by atoms with van der Waals surface area (Å²) in [5.41, 5.74) is 7.88. The summed E-state index contributed by atoms with van der Waals surface area (Å²) in [4.78, 5) is 2.43. The number of likely N-dealkylation sites (tertiary alicyclic amines) is 1. The minimum absolute atomic E-state index is 0.662. The smallest absolute Gasteiger partial charge is 0.137 e. The van der Waals surface area contributed by atoms with Gasteiger partial charge in [0, 0.05) is 12.1 Å². The molecule has 1 saturated heterocycles. The third kappa shape index (κ3) is 2.38. The van der Waals surface area contributed by atoms with Crippen LogP contribution >= 0.6 is 0 Å². The van der Waals surface area contributed by atoms with E-state index in [2.05, 4.69) is 10.1 Å². The largest absolute Gasteiger partial charge is 0.361 e. The molecular formula is C11H19N3O. The minimum atomic E-state index is 0.662. The summed E-state index contributed by atoms with van der Waals surface area (Å²) in [6.45, 7) is 5.93. The molecule has 0 spiro atoms. The third-order valence-electron chi connectivity index (χ3n) is 3.03. The van der Waals surface area contributed by atoms with E-state index in [1.807, 2.05) is 6.92 Å². The number of rotatable bonds is 4. The topological polar surface area (TPSA) is 55.3 Å². The maximum absolute atomic E-state index is 5.58. The molecule has 4 nitrogen and oxygen atoms in total. The number of hydrogen-bond donors (Lipinski definition) is 1. The van der Waals surface area contributed by atoms with Gasteiger partial charge in [0.15, 0.2) is 0 Å². The molecule has 15 heavy (non-hydrogen) atoms. The van der Waals surface area contributed by atoms with Crippen LogP contribution in [-0.4, -0.2) is 29.7 Å². The van der Waals surface area contributed by atoms with E-state index in [0.29, 0.717) is 6.54 Å². The van der Waals surface area contributed by atoms with E-state index < -0.39 is 0 Å². The summed E-state index contributed by atoms with van der Waals surface area (Å²) in [6.07, 6.45) is 3.49. The van der Waals surface area contributed by atoms with Crippen molar-refractivity contribution in [2.24, 2.45) is 5.73 Å². The first-order chi connectivity index (χ1) is 7.31. The van der Waals surface area contributed by atoms with Crippen LogP contribution in [0.25, 0.3) is 0 Å². The summed E-state index contributed by atoms with van der Waals surface area (Å²) in [6, 6.07) is 0. The van der Waals surface area contributed by atoms with Crippen LogP contribution in [0.3, 0.4) is 0 Å². The number of aryl methyl sites for hydroxylation is 1. The van der Waals surface area contributed by atoms with Crippen molar-refractivity contribution in [1.29, 1.82) is 0 Å². The lowest BCUT2D eigenvalue weighted by Gasteiger charge is -2.12. The Bertz CT molecular complexity index is 316. The summed E-state index contributed by atoms with van der Waals surface area (Å²) < 4.78 is 5.23. The molecule has 2 heterocycles. The lowest BCUT2D eigenvalue weighted by molar-refractivity contribution is 0.311. The maximum atomic E-state index is 5.58. The summed E-state index contributed by atoms with van der Waals surface area (Å²) in [5.74, 6) is 0.926. The third-order valence-corrected chi connectivity index (χ3v) is 3.03. The molecule has 1 aliphatic rings. The van der Waals surface area contributed by atoms with E-state index in [0.717, 1.165) is 24.4 Å². The zero-order valence-electron chi connectivity index (χ0n) is 9.33. The van der Waals surface area contributed by atoms with Crippen molar-refractivity contribution in [3.8, 4) is 0 Å². The second-order valence-electron chi connectivity index (χ2n) is 4.19. The Balaban J connectivity index is 2.05. The average molecular weight is 209 g/mol. The molecule has 0 amide bonds. The van der Waals surface area contributed by atoms with Crippen LogP contribution in [0.5, 0.6) is 0 Å². The predicted octanol–water partition coefficient (Wildman–Crippen LogP) is 1.08. The van der Waals surface area contributed by atoms with E-state index in [4.69, 9.17) is 10.3 Å². The Morgan fingerprint density at radius 1 is 1.40 bits per heavy atom. The molecular weight excluding hydrogens is 190 g/mol. The fraction of sp³-hybridized carbons (Fsp3) is 0.727. The molecule has 0 radical (unpaired) electrons. The lowest BCUT2D eigenvalue weighted by Crippen LogP contribution is -2.20. The van der Waals surface area contributed by atoms with Gasteiger partial charge in [-0.3, -0.25) is 4.90 Å². The predicted molar refractivity (Wildman–Crippen MR) is 58.5 cm³/mol. The van der Waals surface area contributed by atoms with Gasteiger partial charge in [0.2, 0.25) is 0 Å². The van der Waals surface area contributed by atoms with Gasteiger partial charge in [-0.25, -0.2) is 0 Å². The molecule has 1 aromatic heterocycles. The number of nitrogens with zero attached hydrogens (tertiary/aromatic N) is 2. The van der Waals surface area contributed by atoms with E-state index in [1.54, 1.807) is 0 Å². The monoisotopic (exact) mass is 209 g/mol. The highest BCUT2D eigenvalue weighted by Crippen LogP contribution is 2.18. The highest BCUT2D eigenvalue weighted by Gasteiger charge is 2.17. The first-order valence-corrected chi connectivity index (χ1v) is 5.67. The molecule has 0 saturated carbocycles. The first-order valence-electron chi connectivity index (χ1n) is 5.67. The Morgan fingerprint density at radius 3 is 2.80 bits per heavy atom. The van der Waals surface area contributed by atoms with Crippen LogP contribution in [0.2, 0.25) is 0 Å². The Hall–Kier alpha value is -0.870.